The highest BCUT2D eigenvalue weighted by Crippen LogP contribution is 2.35. The third kappa shape index (κ3) is 2.44. The van der Waals surface area contributed by atoms with Crippen LogP contribution in [0, 0.1) is 6.92 Å². The van der Waals surface area contributed by atoms with E-state index in [2.05, 4.69) is 54.3 Å². The lowest BCUT2D eigenvalue weighted by atomic mass is 9.98. The maximum absolute atomic E-state index is 5.79. The molecule has 0 radical (unpaired) electrons. The van der Waals surface area contributed by atoms with Crippen LogP contribution in [0.15, 0.2) is 42.5 Å². The molecule has 0 saturated heterocycles. The average molecular weight is 266 g/mol. The Bertz CT molecular complexity index is 604. The van der Waals surface area contributed by atoms with Crippen molar-refractivity contribution in [2.24, 2.45) is 5.73 Å². The topological polar surface area (TPSA) is 29.3 Å². The highest BCUT2D eigenvalue weighted by atomic mass is 15.1. The van der Waals surface area contributed by atoms with Gasteiger partial charge >= 0.3 is 0 Å². The molecule has 1 heterocycles. The van der Waals surface area contributed by atoms with E-state index >= 15 is 0 Å². The minimum atomic E-state index is 0.700. The summed E-state index contributed by atoms with van der Waals surface area (Å²) in [7, 11) is 0. The molecule has 104 valence electrons. The van der Waals surface area contributed by atoms with Gasteiger partial charge in [0.25, 0.3) is 0 Å². The van der Waals surface area contributed by atoms with Crippen molar-refractivity contribution in [2.75, 3.05) is 18.0 Å². The second-order valence-electron chi connectivity index (χ2n) is 5.55. The van der Waals surface area contributed by atoms with Crippen LogP contribution in [0.1, 0.15) is 23.1 Å². The van der Waals surface area contributed by atoms with Gasteiger partial charge in [0, 0.05) is 17.9 Å². The molecule has 0 spiro atoms. The highest BCUT2D eigenvalue weighted by Gasteiger charge is 2.19. The molecule has 0 aliphatic carbocycles. The van der Waals surface area contributed by atoms with Crippen LogP contribution in [0.3, 0.4) is 0 Å². The summed E-state index contributed by atoms with van der Waals surface area (Å²) in [6.45, 7) is 3.94. The van der Waals surface area contributed by atoms with E-state index in [1.807, 2.05) is 0 Å². The first-order chi connectivity index (χ1) is 9.79. The molecule has 0 bridgehead atoms. The molecule has 0 saturated carbocycles. The Morgan fingerprint density at radius 3 is 2.80 bits per heavy atom. The minimum absolute atomic E-state index is 0.700. The number of rotatable bonds is 3. The lowest BCUT2D eigenvalue weighted by Crippen LogP contribution is -2.25. The van der Waals surface area contributed by atoms with Gasteiger partial charge in [-0.05, 0) is 56.0 Å². The Morgan fingerprint density at radius 1 is 1.10 bits per heavy atom. The van der Waals surface area contributed by atoms with Crippen molar-refractivity contribution in [1.29, 1.82) is 0 Å². The molecule has 1 aliphatic heterocycles. The van der Waals surface area contributed by atoms with Crippen LogP contribution in [0.5, 0.6) is 0 Å². The summed E-state index contributed by atoms with van der Waals surface area (Å²) in [6, 6.07) is 15.5. The SMILES string of the molecule is Cc1ccc(N2CCCc3ccccc32)c(CCN)c1. The number of nitrogens with two attached hydrogens (primary N) is 1. The Morgan fingerprint density at radius 2 is 1.95 bits per heavy atom. The summed E-state index contributed by atoms with van der Waals surface area (Å²) in [6.07, 6.45) is 3.34. The standard InChI is InChI=1S/C18H22N2/c1-14-8-9-18(16(13-14)10-11-19)20-12-4-6-15-5-2-3-7-17(15)20/h2-3,5,7-9,13H,4,6,10-12,19H2,1H3. The monoisotopic (exact) mass is 266 g/mol. The molecule has 0 atom stereocenters. The predicted molar refractivity (Wildman–Crippen MR) is 85.7 cm³/mol. The fourth-order valence-corrected chi connectivity index (χ4v) is 3.12. The lowest BCUT2D eigenvalue weighted by Gasteiger charge is -2.33. The van der Waals surface area contributed by atoms with Crippen molar-refractivity contribution < 1.29 is 0 Å². The molecule has 20 heavy (non-hydrogen) atoms. The fraction of sp³-hybridized carbons (Fsp3) is 0.333. The number of nitrogens with zero attached hydrogens (tertiary/aromatic N) is 1. The summed E-state index contributed by atoms with van der Waals surface area (Å²) in [5, 5.41) is 0. The first-order valence-corrected chi connectivity index (χ1v) is 7.44. The zero-order valence-electron chi connectivity index (χ0n) is 12.1. The maximum atomic E-state index is 5.79. The lowest BCUT2D eigenvalue weighted by molar-refractivity contribution is 0.762. The second-order valence-corrected chi connectivity index (χ2v) is 5.55. The third-order valence-electron chi connectivity index (χ3n) is 4.05. The van der Waals surface area contributed by atoms with Gasteiger partial charge in [0.05, 0.1) is 0 Å². The van der Waals surface area contributed by atoms with Gasteiger partial charge in [0.1, 0.15) is 0 Å². The van der Waals surface area contributed by atoms with E-state index in [0.29, 0.717) is 6.54 Å². The van der Waals surface area contributed by atoms with Crippen LogP contribution in [-0.2, 0) is 12.8 Å². The zero-order valence-corrected chi connectivity index (χ0v) is 12.1. The summed E-state index contributed by atoms with van der Waals surface area (Å²) >= 11 is 0. The Hall–Kier alpha value is -1.80. The average Bonchev–Trinajstić information content (AvgIpc) is 2.47. The molecule has 0 fully saturated rings. The molecule has 2 heteroatoms. The summed E-state index contributed by atoms with van der Waals surface area (Å²) in [4.78, 5) is 2.46. The van der Waals surface area contributed by atoms with Gasteiger partial charge in [-0.1, -0.05) is 35.9 Å². The van der Waals surface area contributed by atoms with Crippen molar-refractivity contribution in [1.82, 2.24) is 0 Å². The fourth-order valence-electron chi connectivity index (χ4n) is 3.12. The van der Waals surface area contributed by atoms with E-state index in [0.717, 1.165) is 13.0 Å². The predicted octanol–water partition coefficient (Wildman–Crippen LogP) is 3.58. The normalized spacial score (nSPS) is 14.2. The molecular formula is C18H22N2. The largest absolute Gasteiger partial charge is 0.341 e. The van der Waals surface area contributed by atoms with Crippen molar-refractivity contribution in [3.8, 4) is 0 Å². The van der Waals surface area contributed by atoms with Crippen LogP contribution in [0.25, 0.3) is 0 Å². The molecule has 2 nitrogen and oxygen atoms in total. The number of aryl methyl sites for hydroxylation is 2. The van der Waals surface area contributed by atoms with Crippen LogP contribution < -0.4 is 10.6 Å². The second kappa shape index (κ2) is 5.68. The number of hydrogen-bond donors (Lipinski definition) is 1. The van der Waals surface area contributed by atoms with Gasteiger partial charge in [-0.25, -0.2) is 0 Å². The smallest absolute Gasteiger partial charge is 0.0444 e. The Kier molecular flexibility index (Phi) is 3.75. The van der Waals surface area contributed by atoms with Crippen LogP contribution >= 0.6 is 0 Å². The minimum Gasteiger partial charge on any atom is -0.341 e. The number of para-hydroxylation sites is 1. The molecule has 2 aromatic carbocycles. The van der Waals surface area contributed by atoms with E-state index in [4.69, 9.17) is 5.73 Å². The van der Waals surface area contributed by atoms with Crippen molar-refractivity contribution in [2.45, 2.75) is 26.2 Å². The highest BCUT2D eigenvalue weighted by molar-refractivity contribution is 5.70. The molecule has 3 rings (SSSR count). The van der Waals surface area contributed by atoms with Crippen molar-refractivity contribution in [3.05, 3.63) is 59.2 Å². The summed E-state index contributed by atoms with van der Waals surface area (Å²) in [5.41, 5.74) is 12.6. The van der Waals surface area contributed by atoms with Gasteiger partial charge < -0.3 is 10.6 Å². The third-order valence-corrected chi connectivity index (χ3v) is 4.05. The van der Waals surface area contributed by atoms with Crippen LogP contribution in [-0.4, -0.2) is 13.1 Å². The first-order valence-electron chi connectivity index (χ1n) is 7.44. The van der Waals surface area contributed by atoms with E-state index in [1.54, 1.807) is 0 Å². The number of benzene rings is 2. The molecular weight excluding hydrogens is 244 g/mol. The first kappa shape index (κ1) is 13.2. The van der Waals surface area contributed by atoms with Gasteiger partial charge in [-0.15, -0.1) is 0 Å². The Balaban J connectivity index is 2.06. The molecule has 0 unspecified atom stereocenters. The van der Waals surface area contributed by atoms with Crippen molar-refractivity contribution >= 4 is 11.4 Å². The van der Waals surface area contributed by atoms with Crippen LogP contribution in [0.4, 0.5) is 11.4 Å². The van der Waals surface area contributed by atoms with E-state index < -0.39 is 0 Å². The maximum Gasteiger partial charge on any atom is 0.0444 e. The van der Waals surface area contributed by atoms with Gasteiger partial charge in [-0.2, -0.15) is 0 Å². The van der Waals surface area contributed by atoms with Crippen LogP contribution in [0.2, 0.25) is 0 Å². The van der Waals surface area contributed by atoms with Gasteiger partial charge in [0.2, 0.25) is 0 Å². The summed E-state index contributed by atoms with van der Waals surface area (Å²) in [5.74, 6) is 0. The van der Waals surface area contributed by atoms with Crippen molar-refractivity contribution in [3.63, 3.8) is 0 Å². The zero-order chi connectivity index (χ0) is 13.9. The number of hydrogen-bond acceptors (Lipinski definition) is 2. The van der Waals surface area contributed by atoms with Gasteiger partial charge in [-0.3, -0.25) is 0 Å². The molecule has 1 aliphatic rings. The van der Waals surface area contributed by atoms with E-state index in [1.165, 1.54) is 40.9 Å². The molecule has 0 amide bonds. The molecule has 2 N–H and O–H groups in total. The quantitative estimate of drug-likeness (QED) is 0.920. The van der Waals surface area contributed by atoms with E-state index in [9.17, 15) is 0 Å². The van der Waals surface area contributed by atoms with Gasteiger partial charge in [0.15, 0.2) is 0 Å². The number of anilines is 2. The molecule has 2 aromatic rings. The number of fused-ring (bicyclic) bond motifs is 1. The van der Waals surface area contributed by atoms with E-state index in [-0.39, 0.29) is 0 Å². The summed E-state index contributed by atoms with van der Waals surface area (Å²) < 4.78 is 0. The Labute approximate surface area is 121 Å². The molecule has 0 aromatic heterocycles.